The molecule has 2 fully saturated rings. The van der Waals surface area contributed by atoms with Gasteiger partial charge in [0.15, 0.2) is 0 Å². The molecule has 4 atom stereocenters. The summed E-state index contributed by atoms with van der Waals surface area (Å²) in [7, 11) is 0. The Morgan fingerprint density at radius 3 is 2.31 bits per heavy atom. The molecule has 0 aromatic rings. The van der Waals surface area contributed by atoms with Crippen molar-refractivity contribution in [2.45, 2.75) is 51.2 Å². The highest BCUT2D eigenvalue weighted by atomic mass is 19.3. The van der Waals surface area contributed by atoms with E-state index in [0.29, 0.717) is 30.6 Å². The first-order valence-corrected chi connectivity index (χ1v) is 5.74. The van der Waals surface area contributed by atoms with Crippen LogP contribution in [0.25, 0.3) is 0 Å². The van der Waals surface area contributed by atoms with Gasteiger partial charge in [-0.15, -0.1) is 0 Å². The molecule has 0 radical (unpaired) electrons. The average molecular weight is 240 g/mol. The normalized spacial score (nSPS) is 39.4. The monoisotopic (exact) mass is 240 g/mol. The molecular formula is C11H16F4O. The zero-order chi connectivity index (χ0) is 11.9. The number of hydrogen-bond donors (Lipinski definition) is 0. The third-order valence-electron chi connectivity index (χ3n) is 3.78. The summed E-state index contributed by atoms with van der Waals surface area (Å²) >= 11 is 0. The van der Waals surface area contributed by atoms with Crippen molar-refractivity contribution in [2.24, 2.45) is 17.8 Å². The molecule has 5 heteroatoms. The number of alkyl halides is 4. The van der Waals surface area contributed by atoms with E-state index >= 15 is 0 Å². The summed E-state index contributed by atoms with van der Waals surface area (Å²) in [5.74, 6) is 1.67. The zero-order valence-corrected chi connectivity index (χ0v) is 9.14. The highest BCUT2D eigenvalue weighted by molar-refractivity contribution is 4.92. The van der Waals surface area contributed by atoms with Crippen LogP contribution in [-0.2, 0) is 4.74 Å². The summed E-state index contributed by atoms with van der Waals surface area (Å²) in [5, 5.41) is 0. The first-order valence-electron chi connectivity index (χ1n) is 5.74. The van der Waals surface area contributed by atoms with Crippen LogP contribution >= 0.6 is 0 Å². The van der Waals surface area contributed by atoms with E-state index in [1.54, 1.807) is 0 Å². The van der Waals surface area contributed by atoms with E-state index in [1.165, 1.54) is 0 Å². The van der Waals surface area contributed by atoms with Gasteiger partial charge in [-0.1, -0.05) is 6.92 Å². The maximum absolute atomic E-state index is 12.6. The molecule has 0 saturated heterocycles. The van der Waals surface area contributed by atoms with Gasteiger partial charge in [0.1, 0.15) is 0 Å². The Kier molecular flexibility index (Phi) is 3.16. The minimum Gasteiger partial charge on any atom is -0.313 e. The molecule has 16 heavy (non-hydrogen) atoms. The summed E-state index contributed by atoms with van der Waals surface area (Å²) in [4.78, 5) is 0. The number of hydrogen-bond acceptors (Lipinski definition) is 1. The number of ether oxygens (including phenoxy) is 1. The molecule has 94 valence electrons. The minimum atomic E-state index is -4.28. The molecule has 1 nitrogen and oxygen atoms in total. The molecule has 2 aliphatic carbocycles. The van der Waals surface area contributed by atoms with Gasteiger partial charge in [-0.2, -0.15) is 8.78 Å². The first kappa shape index (κ1) is 12.1. The molecule has 0 spiro atoms. The van der Waals surface area contributed by atoms with Crippen molar-refractivity contribution >= 4 is 0 Å². The van der Waals surface area contributed by atoms with E-state index in [2.05, 4.69) is 11.7 Å². The van der Waals surface area contributed by atoms with Crippen molar-refractivity contribution in [1.82, 2.24) is 0 Å². The molecule has 0 heterocycles. The Hall–Kier alpha value is -0.320. The van der Waals surface area contributed by atoms with Gasteiger partial charge in [0.05, 0.1) is 6.10 Å². The van der Waals surface area contributed by atoms with Crippen LogP contribution in [0.4, 0.5) is 17.6 Å². The molecule has 2 saturated carbocycles. The Morgan fingerprint density at radius 1 is 1.19 bits per heavy atom. The maximum Gasteiger partial charge on any atom is 0.416 e. The summed E-state index contributed by atoms with van der Waals surface area (Å²) in [6.45, 7) is 2.13. The van der Waals surface area contributed by atoms with Gasteiger partial charge in [0.2, 0.25) is 0 Å². The highest BCUT2D eigenvalue weighted by Gasteiger charge is 2.48. The van der Waals surface area contributed by atoms with E-state index in [4.69, 9.17) is 0 Å². The van der Waals surface area contributed by atoms with E-state index in [9.17, 15) is 17.6 Å². The van der Waals surface area contributed by atoms with Crippen LogP contribution in [0, 0.1) is 17.8 Å². The molecule has 0 aromatic heterocycles. The van der Waals surface area contributed by atoms with Gasteiger partial charge in [0.25, 0.3) is 0 Å². The Bertz CT molecular complexity index is 256. The molecule has 0 N–H and O–H groups in total. The van der Waals surface area contributed by atoms with Crippen molar-refractivity contribution in [3.63, 3.8) is 0 Å². The topological polar surface area (TPSA) is 9.23 Å². The van der Waals surface area contributed by atoms with Gasteiger partial charge in [0, 0.05) is 0 Å². The van der Waals surface area contributed by atoms with Crippen molar-refractivity contribution in [3.8, 4) is 0 Å². The smallest absolute Gasteiger partial charge is 0.313 e. The van der Waals surface area contributed by atoms with Gasteiger partial charge in [-0.3, -0.25) is 0 Å². The predicted molar refractivity (Wildman–Crippen MR) is 50.4 cm³/mol. The van der Waals surface area contributed by atoms with Crippen molar-refractivity contribution < 1.29 is 22.3 Å². The van der Waals surface area contributed by atoms with Crippen molar-refractivity contribution in [2.75, 3.05) is 0 Å². The quantitative estimate of drug-likeness (QED) is 0.681. The van der Waals surface area contributed by atoms with Crippen LogP contribution in [0.2, 0.25) is 0 Å². The predicted octanol–water partition coefficient (Wildman–Crippen LogP) is 3.69. The highest BCUT2D eigenvalue weighted by Crippen LogP contribution is 2.50. The van der Waals surface area contributed by atoms with E-state index in [0.717, 1.165) is 12.8 Å². The van der Waals surface area contributed by atoms with Crippen molar-refractivity contribution in [3.05, 3.63) is 0 Å². The Balaban J connectivity index is 1.80. The lowest BCUT2D eigenvalue weighted by Gasteiger charge is -2.20. The van der Waals surface area contributed by atoms with Gasteiger partial charge in [-0.25, -0.2) is 8.78 Å². The molecule has 4 unspecified atom stereocenters. The zero-order valence-electron chi connectivity index (χ0n) is 9.14. The molecule has 2 rings (SSSR count). The fourth-order valence-corrected chi connectivity index (χ4v) is 2.75. The maximum atomic E-state index is 12.6. The summed E-state index contributed by atoms with van der Waals surface area (Å²) in [6, 6.07) is 0. The van der Waals surface area contributed by atoms with E-state index in [1.807, 2.05) is 0 Å². The SMILES string of the molecule is CC1CC1C1CCC(OC(F)(F)C(F)F)C1. The first-order chi connectivity index (χ1) is 7.40. The second-order valence-electron chi connectivity index (χ2n) is 5.05. The van der Waals surface area contributed by atoms with Crippen LogP contribution in [0.3, 0.4) is 0 Å². The van der Waals surface area contributed by atoms with Gasteiger partial charge in [-0.05, 0) is 43.4 Å². The molecule has 0 bridgehead atoms. The van der Waals surface area contributed by atoms with Crippen molar-refractivity contribution in [1.29, 1.82) is 0 Å². The molecule has 2 aliphatic rings. The van der Waals surface area contributed by atoms with Crippen LogP contribution in [-0.4, -0.2) is 18.6 Å². The lowest BCUT2D eigenvalue weighted by Crippen LogP contribution is -2.34. The largest absolute Gasteiger partial charge is 0.416 e. The summed E-state index contributed by atoms with van der Waals surface area (Å²) in [5.41, 5.74) is 0. The Labute approximate surface area is 92.2 Å². The molecule has 0 aliphatic heterocycles. The molecule has 0 amide bonds. The van der Waals surface area contributed by atoms with E-state index < -0.39 is 18.6 Å². The van der Waals surface area contributed by atoms with Gasteiger partial charge < -0.3 is 4.74 Å². The second kappa shape index (κ2) is 4.17. The standard InChI is InChI=1S/C11H16F4O/c1-6-4-9(6)7-2-3-8(5-7)16-11(14,15)10(12)13/h6-10H,2-5H2,1H3. The number of rotatable bonds is 4. The van der Waals surface area contributed by atoms with Crippen LogP contribution < -0.4 is 0 Å². The number of halogens is 4. The lowest BCUT2D eigenvalue weighted by molar-refractivity contribution is -0.317. The Morgan fingerprint density at radius 2 is 1.81 bits per heavy atom. The second-order valence-corrected chi connectivity index (χ2v) is 5.05. The van der Waals surface area contributed by atoms with Crippen LogP contribution in [0.15, 0.2) is 0 Å². The minimum absolute atomic E-state index is 0.397. The molecular weight excluding hydrogens is 224 g/mol. The van der Waals surface area contributed by atoms with E-state index in [-0.39, 0.29) is 0 Å². The fourth-order valence-electron chi connectivity index (χ4n) is 2.75. The average Bonchev–Trinajstić information content (AvgIpc) is 2.73. The third kappa shape index (κ3) is 2.50. The summed E-state index contributed by atoms with van der Waals surface area (Å²) in [6.07, 6.45) is -5.74. The lowest BCUT2D eigenvalue weighted by atomic mass is 10.0. The van der Waals surface area contributed by atoms with Gasteiger partial charge >= 0.3 is 12.5 Å². The molecule has 0 aromatic carbocycles. The summed E-state index contributed by atoms with van der Waals surface area (Å²) < 4.78 is 53.4. The third-order valence-corrected chi connectivity index (χ3v) is 3.78. The fraction of sp³-hybridized carbons (Fsp3) is 1.00. The van der Waals surface area contributed by atoms with Crippen LogP contribution in [0.5, 0.6) is 0 Å². The van der Waals surface area contributed by atoms with Crippen LogP contribution in [0.1, 0.15) is 32.6 Å².